The lowest BCUT2D eigenvalue weighted by atomic mass is 10.0. The summed E-state index contributed by atoms with van der Waals surface area (Å²) >= 11 is 7.06. The summed E-state index contributed by atoms with van der Waals surface area (Å²) in [6.45, 7) is 2.12. The molecule has 0 unspecified atom stereocenters. The van der Waals surface area contributed by atoms with Crippen molar-refractivity contribution in [3.05, 3.63) is 60.2 Å². The number of thiocarbonyl (C=S) groups is 1. The van der Waals surface area contributed by atoms with Crippen LogP contribution in [0.15, 0.2) is 54.6 Å². The molecule has 2 heteroatoms. The number of thioether (sulfide) groups is 1. The fourth-order valence-corrected chi connectivity index (χ4v) is 2.70. The van der Waals surface area contributed by atoms with Crippen LogP contribution in [0, 0.1) is 0 Å². The van der Waals surface area contributed by atoms with Crippen LogP contribution in [-0.2, 0) is 0 Å². The number of hydrogen-bond acceptors (Lipinski definition) is 2. The van der Waals surface area contributed by atoms with Gasteiger partial charge < -0.3 is 0 Å². The van der Waals surface area contributed by atoms with Crippen LogP contribution in [0.3, 0.4) is 0 Å². The zero-order valence-corrected chi connectivity index (χ0v) is 11.4. The van der Waals surface area contributed by atoms with Gasteiger partial charge in [0.1, 0.15) is 0 Å². The number of rotatable bonds is 3. The Balaban J connectivity index is 2.22. The number of hydrogen-bond donors (Lipinski definition) is 0. The van der Waals surface area contributed by atoms with Gasteiger partial charge in [0.25, 0.3) is 0 Å². The average Bonchev–Trinajstić information content (AvgIpc) is 2.40. The molecule has 0 amide bonds. The van der Waals surface area contributed by atoms with Crippen molar-refractivity contribution in [2.24, 2.45) is 0 Å². The molecule has 0 aliphatic carbocycles. The fraction of sp³-hybridized carbons (Fsp3) is 0.133. The molecule has 0 nitrogen and oxygen atoms in total. The molecule has 0 N–H and O–H groups in total. The van der Waals surface area contributed by atoms with Crippen LogP contribution < -0.4 is 0 Å². The van der Waals surface area contributed by atoms with Crippen LogP contribution in [0.4, 0.5) is 0 Å². The maximum atomic E-state index is 5.34. The molecule has 0 heterocycles. The van der Waals surface area contributed by atoms with E-state index >= 15 is 0 Å². The quantitative estimate of drug-likeness (QED) is 0.726. The van der Waals surface area contributed by atoms with Crippen molar-refractivity contribution in [3.63, 3.8) is 0 Å². The Morgan fingerprint density at radius 1 is 0.941 bits per heavy atom. The van der Waals surface area contributed by atoms with E-state index < -0.39 is 0 Å². The topological polar surface area (TPSA) is 0 Å². The van der Waals surface area contributed by atoms with Crippen LogP contribution in [0.1, 0.15) is 12.5 Å². The highest BCUT2D eigenvalue weighted by molar-refractivity contribution is 8.23. The third-order valence-electron chi connectivity index (χ3n) is 2.50. The van der Waals surface area contributed by atoms with E-state index in [-0.39, 0.29) is 0 Å². The first kappa shape index (κ1) is 12.3. The third kappa shape index (κ3) is 3.18. The Morgan fingerprint density at radius 2 is 1.53 bits per heavy atom. The molecule has 0 fully saturated rings. The van der Waals surface area contributed by atoms with Gasteiger partial charge in [0.05, 0.1) is 4.20 Å². The van der Waals surface area contributed by atoms with Crippen molar-refractivity contribution in [2.45, 2.75) is 6.92 Å². The number of benzene rings is 2. The summed E-state index contributed by atoms with van der Waals surface area (Å²) < 4.78 is 0.979. The van der Waals surface area contributed by atoms with Gasteiger partial charge in [-0.2, -0.15) is 0 Å². The molecular weight excluding hydrogens is 244 g/mol. The summed E-state index contributed by atoms with van der Waals surface area (Å²) in [5, 5.41) is 0. The molecule has 0 aliphatic rings. The molecular formula is C15H14S2. The summed E-state index contributed by atoms with van der Waals surface area (Å²) in [6.07, 6.45) is 0. The van der Waals surface area contributed by atoms with Crippen molar-refractivity contribution in [1.29, 1.82) is 0 Å². The molecule has 17 heavy (non-hydrogen) atoms. The molecule has 0 atom stereocenters. The molecule has 0 saturated carbocycles. The molecule has 2 rings (SSSR count). The molecule has 0 saturated heterocycles. The van der Waals surface area contributed by atoms with E-state index in [0.717, 1.165) is 15.5 Å². The van der Waals surface area contributed by atoms with Gasteiger partial charge in [-0.15, -0.1) is 11.8 Å². The van der Waals surface area contributed by atoms with Crippen LogP contribution >= 0.6 is 24.0 Å². The highest BCUT2D eigenvalue weighted by Crippen LogP contribution is 2.21. The zero-order chi connectivity index (χ0) is 12.1. The van der Waals surface area contributed by atoms with Gasteiger partial charge in [0, 0.05) is 0 Å². The Bertz CT molecular complexity index is 486. The van der Waals surface area contributed by atoms with Gasteiger partial charge in [-0.1, -0.05) is 73.7 Å². The first-order chi connectivity index (χ1) is 8.31. The van der Waals surface area contributed by atoms with E-state index in [2.05, 4.69) is 55.5 Å². The Hall–Kier alpha value is -1.12. The molecule has 86 valence electrons. The fourth-order valence-electron chi connectivity index (χ4n) is 1.64. The standard InChI is InChI=1S/C15H14S2/c1-2-17-15(16)14-10-8-13(9-11-14)12-6-4-3-5-7-12/h3-11H,2H2,1H3. The minimum Gasteiger partial charge on any atom is -0.114 e. The van der Waals surface area contributed by atoms with E-state index in [0.29, 0.717) is 0 Å². The van der Waals surface area contributed by atoms with Crippen molar-refractivity contribution in [2.75, 3.05) is 5.75 Å². The largest absolute Gasteiger partial charge is 0.114 e. The normalized spacial score (nSPS) is 10.2. The first-order valence-electron chi connectivity index (χ1n) is 5.64. The van der Waals surface area contributed by atoms with Gasteiger partial charge >= 0.3 is 0 Å². The molecule has 2 aromatic rings. The molecule has 0 aliphatic heterocycles. The highest BCUT2D eigenvalue weighted by atomic mass is 32.2. The van der Waals surface area contributed by atoms with Gasteiger partial charge in [0.15, 0.2) is 0 Å². The van der Waals surface area contributed by atoms with Gasteiger partial charge in [-0.25, -0.2) is 0 Å². The molecule has 0 aromatic heterocycles. The summed E-state index contributed by atoms with van der Waals surface area (Å²) in [6, 6.07) is 18.9. The zero-order valence-electron chi connectivity index (χ0n) is 9.72. The molecule has 0 bridgehead atoms. The van der Waals surface area contributed by atoms with Crippen molar-refractivity contribution < 1.29 is 0 Å². The molecule has 2 aromatic carbocycles. The van der Waals surface area contributed by atoms with Gasteiger partial charge in [-0.3, -0.25) is 0 Å². The minimum atomic E-state index is 0.979. The monoisotopic (exact) mass is 258 g/mol. The predicted molar refractivity (Wildman–Crippen MR) is 81.7 cm³/mol. The van der Waals surface area contributed by atoms with E-state index in [1.165, 1.54) is 11.1 Å². The van der Waals surface area contributed by atoms with Crippen molar-refractivity contribution >= 4 is 28.2 Å². The second-order valence-corrected chi connectivity index (χ2v) is 5.60. The summed E-state index contributed by atoms with van der Waals surface area (Å²) in [7, 11) is 0. The van der Waals surface area contributed by atoms with E-state index in [1.54, 1.807) is 11.8 Å². The van der Waals surface area contributed by atoms with Gasteiger partial charge in [-0.05, 0) is 22.4 Å². The lowest BCUT2D eigenvalue weighted by molar-refractivity contribution is 1.54. The predicted octanol–water partition coefficient (Wildman–Crippen LogP) is 4.78. The Morgan fingerprint density at radius 3 is 2.12 bits per heavy atom. The second kappa shape index (κ2) is 5.99. The van der Waals surface area contributed by atoms with Crippen LogP contribution in [-0.4, -0.2) is 9.95 Å². The van der Waals surface area contributed by atoms with Crippen LogP contribution in [0.25, 0.3) is 11.1 Å². The highest BCUT2D eigenvalue weighted by Gasteiger charge is 2.01. The maximum absolute atomic E-state index is 5.34. The second-order valence-electron chi connectivity index (χ2n) is 3.66. The molecule has 0 spiro atoms. The lowest BCUT2D eigenvalue weighted by Crippen LogP contribution is -1.91. The first-order valence-corrected chi connectivity index (χ1v) is 7.03. The summed E-state index contributed by atoms with van der Waals surface area (Å²) in [5.74, 6) is 1.03. The van der Waals surface area contributed by atoms with E-state index in [4.69, 9.17) is 12.2 Å². The SMILES string of the molecule is CCSC(=S)c1ccc(-c2ccccc2)cc1. The Kier molecular flexibility index (Phi) is 4.35. The van der Waals surface area contributed by atoms with Crippen LogP contribution in [0.2, 0.25) is 0 Å². The summed E-state index contributed by atoms with van der Waals surface area (Å²) in [5.41, 5.74) is 3.62. The van der Waals surface area contributed by atoms with Crippen molar-refractivity contribution in [3.8, 4) is 11.1 Å². The lowest BCUT2D eigenvalue weighted by Gasteiger charge is -2.04. The van der Waals surface area contributed by atoms with E-state index in [9.17, 15) is 0 Å². The van der Waals surface area contributed by atoms with Gasteiger partial charge in [0.2, 0.25) is 0 Å². The smallest absolute Gasteiger partial charge is 0.0778 e. The summed E-state index contributed by atoms with van der Waals surface area (Å²) in [4.78, 5) is 0. The molecule has 0 radical (unpaired) electrons. The van der Waals surface area contributed by atoms with E-state index in [1.807, 2.05) is 6.07 Å². The Labute approximate surface area is 112 Å². The van der Waals surface area contributed by atoms with Crippen molar-refractivity contribution in [1.82, 2.24) is 0 Å². The third-order valence-corrected chi connectivity index (χ3v) is 3.88. The van der Waals surface area contributed by atoms with Crippen LogP contribution in [0.5, 0.6) is 0 Å². The average molecular weight is 258 g/mol. The minimum absolute atomic E-state index is 0.979. The maximum Gasteiger partial charge on any atom is 0.0778 e.